The van der Waals surface area contributed by atoms with Crippen LogP contribution in [0.15, 0.2) is 224 Å². The summed E-state index contributed by atoms with van der Waals surface area (Å²) in [6.45, 7) is 0. The summed E-state index contributed by atoms with van der Waals surface area (Å²) in [5.74, 6) is 0. The Kier molecular flexibility index (Phi) is 9.08. The Hall–Kier alpha value is -6.84. The molecule has 3 nitrogen and oxygen atoms in total. The van der Waals surface area contributed by atoms with E-state index in [0.29, 0.717) is 0 Å². The monoisotopic (exact) mass is 655 g/mol. The third-order valence-electron chi connectivity index (χ3n) is 9.01. The van der Waals surface area contributed by atoms with E-state index >= 15 is 0 Å². The van der Waals surface area contributed by atoms with Crippen molar-refractivity contribution < 1.29 is 0 Å². The van der Waals surface area contributed by atoms with Crippen LogP contribution in [0.25, 0.3) is 11.1 Å². The van der Waals surface area contributed by atoms with Gasteiger partial charge in [0.2, 0.25) is 0 Å². The van der Waals surface area contributed by atoms with Crippen LogP contribution in [0.3, 0.4) is 0 Å². The third kappa shape index (κ3) is 6.49. The number of anilines is 9. The van der Waals surface area contributed by atoms with E-state index in [1.54, 1.807) is 0 Å². The Morgan fingerprint density at radius 2 is 0.451 bits per heavy atom. The van der Waals surface area contributed by atoms with E-state index in [2.05, 4.69) is 239 Å². The van der Waals surface area contributed by atoms with Crippen molar-refractivity contribution in [1.29, 1.82) is 0 Å². The van der Waals surface area contributed by atoms with E-state index in [1.807, 2.05) is 0 Å². The summed E-state index contributed by atoms with van der Waals surface area (Å²) < 4.78 is 0. The zero-order valence-corrected chi connectivity index (χ0v) is 28.2. The van der Waals surface area contributed by atoms with Crippen molar-refractivity contribution in [3.63, 3.8) is 0 Å². The highest BCUT2D eigenvalue weighted by Gasteiger charge is 2.27. The second-order valence-electron chi connectivity index (χ2n) is 12.2. The van der Waals surface area contributed by atoms with Gasteiger partial charge in [0.25, 0.3) is 0 Å². The molecular weight excluding hydrogens is 619 g/mol. The summed E-state index contributed by atoms with van der Waals surface area (Å²) in [5.41, 5.74) is 11.9. The third-order valence-corrected chi connectivity index (χ3v) is 9.01. The summed E-state index contributed by atoms with van der Waals surface area (Å²) in [6.07, 6.45) is 0. The molecule has 0 unspecified atom stereocenters. The van der Waals surface area contributed by atoms with Gasteiger partial charge in [0.1, 0.15) is 0 Å². The van der Waals surface area contributed by atoms with Gasteiger partial charge in [0, 0.05) is 28.3 Å². The maximum Gasteiger partial charge on any atom is 0.0703 e. The van der Waals surface area contributed by atoms with Gasteiger partial charge in [0.05, 0.1) is 28.4 Å². The molecule has 0 aromatic heterocycles. The second-order valence-corrected chi connectivity index (χ2v) is 12.2. The molecule has 51 heavy (non-hydrogen) atoms. The first kappa shape index (κ1) is 31.4. The molecular formula is C48H37N3. The van der Waals surface area contributed by atoms with Crippen LogP contribution in [-0.2, 0) is 0 Å². The minimum Gasteiger partial charge on any atom is -0.308 e. The lowest BCUT2D eigenvalue weighted by atomic mass is 10.0. The number of hydrogen-bond acceptors (Lipinski definition) is 3. The Morgan fingerprint density at radius 3 is 0.804 bits per heavy atom. The summed E-state index contributed by atoms with van der Waals surface area (Å²) in [7, 11) is 0. The molecule has 8 aromatic carbocycles. The quantitative estimate of drug-likeness (QED) is 0.145. The maximum absolute atomic E-state index is 2.44. The predicted molar refractivity (Wildman–Crippen MR) is 216 cm³/mol. The molecule has 0 fully saturated rings. The largest absolute Gasteiger partial charge is 0.308 e. The Morgan fingerprint density at radius 1 is 0.196 bits per heavy atom. The van der Waals surface area contributed by atoms with Crippen LogP contribution in [0.1, 0.15) is 0 Å². The molecule has 0 heterocycles. The molecule has 0 N–H and O–H groups in total. The highest BCUT2D eigenvalue weighted by molar-refractivity contribution is 5.99. The van der Waals surface area contributed by atoms with Gasteiger partial charge in [-0.1, -0.05) is 146 Å². The number of para-hydroxylation sites is 9. The molecule has 0 atom stereocenters. The fraction of sp³-hybridized carbons (Fsp3) is 0. The Bertz CT molecular complexity index is 2100. The number of benzene rings is 8. The fourth-order valence-electron chi connectivity index (χ4n) is 6.77. The van der Waals surface area contributed by atoms with Crippen LogP contribution in [0.2, 0.25) is 0 Å². The fourth-order valence-corrected chi connectivity index (χ4v) is 6.77. The molecule has 0 bridgehead atoms. The first-order valence-corrected chi connectivity index (χ1v) is 17.3. The first-order chi connectivity index (χ1) is 25.4. The molecule has 0 amide bonds. The Labute approximate surface area is 300 Å². The van der Waals surface area contributed by atoms with Crippen molar-refractivity contribution in [1.82, 2.24) is 0 Å². The van der Waals surface area contributed by atoms with Crippen LogP contribution in [0.4, 0.5) is 51.2 Å². The highest BCUT2D eigenvalue weighted by Crippen LogP contribution is 2.51. The highest BCUT2D eigenvalue weighted by atomic mass is 15.2. The minimum absolute atomic E-state index is 1.04. The molecule has 244 valence electrons. The minimum atomic E-state index is 1.04. The predicted octanol–water partition coefficient (Wildman–Crippen LogP) is 13.8. The molecule has 0 saturated heterocycles. The number of nitrogens with zero attached hydrogens (tertiary/aromatic N) is 3. The Balaban J connectivity index is 1.44. The van der Waals surface area contributed by atoms with Gasteiger partial charge in [-0.3, -0.25) is 0 Å². The van der Waals surface area contributed by atoms with Crippen molar-refractivity contribution in [2.75, 3.05) is 14.7 Å². The average Bonchev–Trinajstić information content (AvgIpc) is 3.21. The van der Waals surface area contributed by atoms with Crippen LogP contribution < -0.4 is 14.7 Å². The van der Waals surface area contributed by atoms with E-state index < -0.39 is 0 Å². The molecule has 8 rings (SSSR count). The van der Waals surface area contributed by atoms with Gasteiger partial charge in [-0.15, -0.1) is 0 Å². The van der Waals surface area contributed by atoms with Gasteiger partial charge in [-0.2, -0.15) is 0 Å². The summed E-state index contributed by atoms with van der Waals surface area (Å²) in [4.78, 5) is 7.13. The summed E-state index contributed by atoms with van der Waals surface area (Å²) in [6, 6.07) is 79.3. The lowest BCUT2D eigenvalue weighted by molar-refractivity contribution is 1.20. The van der Waals surface area contributed by atoms with E-state index in [9.17, 15) is 0 Å². The smallest absolute Gasteiger partial charge is 0.0703 e. The topological polar surface area (TPSA) is 9.72 Å². The standard InChI is InChI=1S/C48H37N3/c1-6-22-38(23-7-1)43-32-16-17-33-44(43)51(47-36-20-18-34-45(47)49(39-24-8-2-9-25-39)40-26-10-3-11-27-40)48-37-21-19-35-46(48)50(41-28-12-4-13-29-41)42-30-14-5-15-31-42/h1-37H. The molecule has 0 aliphatic rings. The normalized spacial score (nSPS) is 10.7. The zero-order valence-electron chi connectivity index (χ0n) is 28.2. The van der Waals surface area contributed by atoms with Gasteiger partial charge in [-0.05, 0) is 84.4 Å². The first-order valence-electron chi connectivity index (χ1n) is 17.3. The van der Waals surface area contributed by atoms with Crippen molar-refractivity contribution >= 4 is 51.2 Å². The van der Waals surface area contributed by atoms with E-state index in [4.69, 9.17) is 0 Å². The lowest BCUT2D eigenvalue weighted by Gasteiger charge is -2.36. The molecule has 0 spiro atoms. The van der Waals surface area contributed by atoms with Crippen molar-refractivity contribution in [2.45, 2.75) is 0 Å². The van der Waals surface area contributed by atoms with Crippen molar-refractivity contribution in [3.05, 3.63) is 224 Å². The summed E-state index contributed by atoms with van der Waals surface area (Å²) >= 11 is 0. The van der Waals surface area contributed by atoms with Crippen molar-refractivity contribution in [2.24, 2.45) is 0 Å². The molecule has 8 aromatic rings. The van der Waals surface area contributed by atoms with Gasteiger partial charge in [0.15, 0.2) is 0 Å². The molecule has 3 heteroatoms. The van der Waals surface area contributed by atoms with E-state index in [1.165, 1.54) is 0 Å². The molecule has 0 saturated carbocycles. The number of rotatable bonds is 10. The van der Waals surface area contributed by atoms with Crippen LogP contribution in [-0.4, -0.2) is 0 Å². The SMILES string of the molecule is c1ccc(-c2ccccc2N(c2ccccc2N(c2ccccc2)c2ccccc2)c2ccccc2N(c2ccccc2)c2ccccc2)cc1. The summed E-state index contributed by atoms with van der Waals surface area (Å²) in [5, 5.41) is 0. The van der Waals surface area contributed by atoms with Gasteiger partial charge >= 0.3 is 0 Å². The van der Waals surface area contributed by atoms with Crippen LogP contribution >= 0.6 is 0 Å². The lowest BCUT2D eigenvalue weighted by Crippen LogP contribution is -2.20. The maximum atomic E-state index is 2.44. The van der Waals surface area contributed by atoms with Crippen LogP contribution in [0, 0.1) is 0 Å². The molecule has 0 aliphatic carbocycles. The second kappa shape index (κ2) is 14.7. The van der Waals surface area contributed by atoms with Crippen molar-refractivity contribution in [3.8, 4) is 11.1 Å². The zero-order chi connectivity index (χ0) is 34.2. The van der Waals surface area contributed by atoms with E-state index in [-0.39, 0.29) is 0 Å². The van der Waals surface area contributed by atoms with E-state index in [0.717, 1.165) is 62.3 Å². The molecule has 0 radical (unpaired) electrons. The average molecular weight is 656 g/mol. The number of hydrogen-bond donors (Lipinski definition) is 0. The molecule has 0 aliphatic heterocycles. The van der Waals surface area contributed by atoms with Gasteiger partial charge < -0.3 is 14.7 Å². The van der Waals surface area contributed by atoms with Gasteiger partial charge in [-0.25, -0.2) is 0 Å². The van der Waals surface area contributed by atoms with Crippen LogP contribution in [0.5, 0.6) is 0 Å².